The molecule has 5 rings (SSSR count). The lowest BCUT2D eigenvalue weighted by Crippen LogP contribution is -2.67. The van der Waals surface area contributed by atoms with Crippen LogP contribution in [0.5, 0.6) is 0 Å². The summed E-state index contributed by atoms with van der Waals surface area (Å²) in [5.74, 6) is 1.66. The smallest absolute Gasteiger partial charge is 0.312 e. The van der Waals surface area contributed by atoms with Crippen molar-refractivity contribution in [2.75, 3.05) is 7.11 Å². The second kappa shape index (κ2) is 8.70. The third-order valence-corrected chi connectivity index (χ3v) is 14.2. The highest BCUT2D eigenvalue weighted by molar-refractivity contribution is 5.78. The summed E-state index contributed by atoms with van der Waals surface area (Å²) in [5, 5.41) is 11.3. The van der Waals surface area contributed by atoms with Gasteiger partial charge in [0.25, 0.3) is 0 Å². The van der Waals surface area contributed by atoms with Crippen LogP contribution in [0.25, 0.3) is 0 Å². The number of hydrogen-bond acceptors (Lipinski definition) is 5. The zero-order valence-corrected chi connectivity index (χ0v) is 25.6. The lowest BCUT2D eigenvalue weighted by molar-refractivity contribution is -0.254. The van der Waals surface area contributed by atoms with Gasteiger partial charge >= 0.3 is 11.9 Å². The lowest BCUT2D eigenvalue weighted by atomic mass is 9.32. The van der Waals surface area contributed by atoms with Crippen molar-refractivity contribution in [3.8, 4) is 0 Å². The van der Waals surface area contributed by atoms with E-state index in [9.17, 15) is 14.7 Å². The highest BCUT2D eigenvalue weighted by Gasteiger charge is 2.73. The maximum Gasteiger partial charge on any atom is 0.312 e. The van der Waals surface area contributed by atoms with Crippen molar-refractivity contribution in [2.24, 2.45) is 56.7 Å². The lowest BCUT2D eigenvalue weighted by Gasteiger charge is -2.73. The van der Waals surface area contributed by atoms with Crippen LogP contribution in [0.15, 0.2) is 0 Å². The molecule has 216 valence electrons. The Morgan fingerprint density at radius 2 is 1.50 bits per heavy atom. The Kier molecular flexibility index (Phi) is 6.51. The van der Waals surface area contributed by atoms with Crippen LogP contribution in [0.1, 0.15) is 120 Å². The summed E-state index contributed by atoms with van der Waals surface area (Å²) in [4.78, 5) is 25.4. The van der Waals surface area contributed by atoms with E-state index in [-0.39, 0.29) is 51.5 Å². The molecule has 0 aliphatic heterocycles. The Hall–Kier alpha value is -1.10. The highest BCUT2D eigenvalue weighted by atomic mass is 16.5. The van der Waals surface area contributed by atoms with Gasteiger partial charge in [-0.25, -0.2) is 0 Å². The minimum absolute atomic E-state index is 0.00394. The van der Waals surface area contributed by atoms with Crippen LogP contribution in [0.3, 0.4) is 0 Å². The van der Waals surface area contributed by atoms with E-state index in [4.69, 9.17) is 9.47 Å². The molecular formula is C33H54O5. The molecule has 5 aliphatic carbocycles. The summed E-state index contributed by atoms with van der Waals surface area (Å²) in [6.07, 6.45) is 10.4. The van der Waals surface area contributed by atoms with Gasteiger partial charge in [-0.05, 0) is 124 Å². The first-order valence-corrected chi connectivity index (χ1v) is 15.5. The van der Waals surface area contributed by atoms with E-state index in [1.54, 1.807) is 14.0 Å². The molecule has 0 bridgehead atoms. The molecule has 5 fully saturated rings. The molecule has 4 unspecified atom stereocenters. The van der Waals surface area contributed by atoms with Crippen LogP contribution in [-0.2, 0) is 19.1 Å². The van der Waals surface area contributed by atoms with Crippen molar-refractivity contribution in [3.05, 3.63) is 0 Å². The Morgan fingerprint density at radius 1 is 0.816 bits per heavy atom. The number of fused-ring (bicyclic) bond motifs is 7. The number of ether oxygens (including phenoxy) is 2. The quantitative estimate of drug-likeness (QED) is 0.400. The van der Waals surface area contributed by atoms with Crippen molar-refractivity contribution in [1.82, 2.24) is 0 Å². The van der Waals surface area contributed by atoms with Crippen molar-refractivity contribution >= 4 is 11.9 Å². The van der Waals surface area contributed by atoms with Crippen molar-refractivity contribution in [2.45, 2.75) is 131 Å². The zero-order valence-electron chi connectivity index (χ0n) is 25.6. The van der Waals surface area contributed by atoms with Gasteiger partial charge in [-0.2, -0.15) is 0 Å². The molecular weight excluding hydrogens is 476 g/mol. The van der Waals surface area contributed by atoms with Crippen LogP contribution in [0, 0.1) is 56.7 Å². The summed E-state index contributed by atoms with van der Waals surface area (Å²) < 4.78 is 11.4. The summed E-state index contributed by atoms with van der Waals surface area (Å²) in [5.41, 5.74) is -0.778. The van der Waals surface area contributed by atoms with Crippen molar-refractivity contribution < 1.29 is 24.2 Å². The third-order valence-electron chi connectivity index (χ3n) is 14.2. The fourth-order valence-electron chi connectivity index (χ4n) is 12.3. The largest absolute Gasteiger partial charge is 0.469 e. The van der Waals surface area contributed by atoms with Gasteiger partial charge in [0, 0.05) is 12.3 Å². The normalized spacial score (nSPS) is 49.6. The Bertz CT molecular complexity index is 980. The van der Waals surface area contributed by atoms with Gasteiger partial charge in [-0.3, -0.25) is 9.59 Å². The average Bonchev–Trinajstić information content (AvgIpc) is 3.22. The van der Waals surface area contributed by atoms with Gasteiger partial charge in [-0.1, -0.05) is 34.6 Å². The van der Waals surface area contributed by atoms with E-state index in [0.717, 1.165) is 51.4 Å². The number of carbonyl (C=O) groups excluding carboxylic acids is 2. The Balaban J connectivity index is 1.53. The van der Waals surface area contributed by atoms with Gasteiger partial charge < -0.3 is 14.6 Å². The third kappa shape index (κ3) is 3.58. The zero-order chi connectivity index (χ0) is 28.1. The van der Waals surface area contributed by atoms with E-state index >= 15 is 0 Å². The number of methoxy groups -OCH3 is 1. The summed E-state index contributed by atoms with van der Waals surface area (Å²) in [7, 11) is 1.55. The predicted molar refractivity (Wildman–Crippen MR) is 148 cm³/mol. The van der Waals surface area contributed by atoms with Crippen LogP contribution in [0.2, 0.25) is 0 Å². The van der Waals surface area contributed by atoms with Crippen LogP contribution >= 0.6 is 0 Å². The molecule has 0 aromatic carbocycles. The van der Waals surface area contributed by atoms with E-state index in [2.05, 4.69) is 34.6 Å². The predicted octanol–water partition coefficient (Wildman–Crippen LogP) is 6.94. The molecule has 0 aromatic rings. The molecule has 0 radical (unpaired) electrons. The summed E-state index contributed by atoms with van der Waals surface area (Å²) in [6, 6.07) is 0. The van der Waals surface area contributed by atoms with Gasteiger partial charge in [-0.15, -0.1) is 0 Å². The SMILES string of the molecule is COC(=O)[C@]12CC[C@@H](C(C)(C)O)C1C1CCC3[C@@]4(C)CC[C@H](OC(C)=O)C(C)(C)C4CC[C@@]3(C)[C@]1(C)CC2. The number of esters is 2. The molecule has 5 aliphatic rings. The van der Waals surface area contributed by atoms with Gasteiger partial charge in [0.05, 0.1) is 18.1 Å². The molecule has 5 saturated carbocycles. The maximum atomic E-state index is 13.5. The first-order chi connectivity index (χ1) is 17.5. The molecule has 5 nitrogen and oxygen atoms in total. The fraction of sp³-hybridized carbons (Fsp3) is 0.939. The molecule has 0 aromatic heterocycles. The van der Waals surface area contributed by atoms with E-state index in [1.165, 1.54) is 12.8 Å². The van der Waals surface area contributed by atoms with Crippen LogP contribution in [0.4, 0.5) is 0 Å². The first kappa shape index (κ1) is 28.4. The highest BCUT2D eigenvalue weighted by Crippen LogP contribution is 2.77. The van der Waals surface area contributed by atoms with Crippen LogP contribution in [-0.4, -0.2) is 35.9 Å². The van der Waals surface area contributed by atoms with Crippen molar-refractivity contribution in [3.63, 3.8) is 0 Å². The van der Waals surface area contributed by atoms with E-state index < -0.39 is 11.0 Å². The fourth-order valence-corrected chi connectivity index (χ4v) is 12.3. The van der Waals surface area contributed by atoms with Crippen LogP contribution < -0.4 is 0 Å². The molecule has 10 atom stereocenters. The molecule has 0 heterocycles. The molecule has 38 heavy (non-hydrogen) atoms. The Morgan fingerprint density at radius 3 is 2.11 bits per heavy atom. The summed E-state index contributed by atoms with van der Waals surface area (Å²) in [6.45, 7) is 17.9. The minimum atomic E-state index is -0.806. The number of carbonyl (C=O) groups is 2. The monoisotopic (exact) mass is 530 g/mol. The number of rotatable bonds is 3. The molecule has 0 amide bonds. The molecule has 0 spiro atoms. The molecule has 5 heteroatoms. The number of aliphatic hydroxyl groups is 1. The topological polar surface area (TPSA) is 72.8 Å². The second-order valence-corrected chi connectivity index (χ2v) is 16.1. The van der Waals surface area contributed by atoms with Gasteiger partial charge in [0.2, 0.25) is 0 Å². The van der Waals surface area contributed by atoms with E-state index in [0.29, 0.717) is 17.8 Å². The van der Waals surface area contributed by atoms with Crippen molar-refractivity contribution in [1.29, 1.82) is 0 Å². The van der Waals surface area contributed by atoms with Gasteiger partial charge in [0.1, 0.15) is 6.10 Å². The summed E-state index contributed by atoms with van der Waals surface area (Å²) >= 11 is 0. The number of hydrogen-bond donors (Lipinski definition) is 1. The first-order valence-electron chi connectivity index (χ1n) is 15.5. The molecule has 0 saturated heterocycles. The Labute approximate surface area is 231 Å². The van der Waals surface area contributed by atoms with Gasteiger partial charge in [0.15, 0.2) is 0 Å². The average molecular weight is 531 g/mol. The minimum Gasteiger partial charge on any atom is -0.469 e. The molecule has 1 N–H and O–H groups in total. The van der Waals surface area contributed by atoms with E-state index in [1.807, 2.05) is 13.8 Å². The maximum absolute atomic E-state index is 13.5. The standard InChI is InChI=1S/C33H54O5/c1-20(34)38-25-14-15-30(6)23(28(25,2)3)13-16-32(8)24(30)11-10-22-26-21(29(4,5)36)12-17-33(26,27(35)37-9)19-18-31(22,32)7/h21-26,36H,10-19H2,1-9H3/t21-,22?,23?,24?,25+,26?,30+,31-,32-,33+/m1/s1. The second-order valence-electron chi connectivity index (χ2n) is 16.1.